The first-order chi connectivity index (χ1) is 9.15. The van der Waals surface area contributed by atoms with Crippen molar-refractivity contribution in [2.45, 2.75) is 19.8 Å². The van der Waals surface area contributed by atoms with Crippen LogP contribution in [-0.2, 0) is 0 Å². The second-order valence-corrected chi connectivity index (χ2v) is 4.91. The summed E-state index contributed by atoms with van der Waals surface area (Å²) in [4.78, 5) is 14.6. The Kier molecular flexibility index (Phi) is 2.71. The zero-order chi connectivity index (χ0) is 13.4. The minimum absolute atomic E-state index is 0.110. The molecule has 2 aromatic heterocycles. The maximum atomic E-state index is 11.8. The molecule has 19 heavy (non-hydrogen) atoms. The van der Waals surface area contributed by atoms with E-state index in [1.54, 1.807) is 10.6 Å². The second-order valence-electron chi connectivity index (χ2n) is 4.91. The molecule has 0 atom stereocenters. The molecule has 0 bridgehead atoms. The third-order valence-corrected chi connectivity index (χ3v) is 3.14. The lowest BCUT2D eigenvalue weighted by molar-refractivity contribution is 0.788. The van der Waals surface area contributed by atoms with Crippen LogP contribution in [0.2, 0.25) is 0 Å². The van der Waals surface area contributed by atoms with Crippen LogP contribution in [0.25, 0.3) is 16.9 Å². The number of fused-ring (bicyclic) bond motifs is 1. The molecule has 1 aromatic carbocycles. The van der Waals surface area contributed by atoms with Gasteiger partial charge in [-0.25, -0.2) is 4.52 Å². The van der Waals surface area contributed by atoms with Gasteiger partial charge in [-0.1, -0.05) is 44.2 Å². The van der Waals surface area contributed by atoms with Gasteiger partial charge in [0.15, 0.2) is 0 Å². The molecule has 0 radical (unpaired) electrons. The van der Waals surface area contributed by atoms with Crippen LogP contribution in [0.3, 0.4) is 0 Å². The third-order valence-electron chi connectivity index (χ3n) is 3.14. The Hall–Kier alpha value is -2.36. The number of aromatic nitrogens is 3. The lowest BCUT2D eigenvalue weighted by atomic mass is 10.1. The molecule has 4 heteroatoms. The molecule has 3 rings (SSSR count). The summed E-state index contributed by atoms with van der Waals surface area (Å²) in [6, 6.07) is 13.3. The van der Waals surface area contributed by atoms with Gasteiger partial charge in [-0.05, 0) is 5.92 Å². The van der Waals surface area contributed by atoms with Gasteiger partial charge in [-0.15, -0.1) is 0 Å². The van der Waals surface area contributed by atoms with Crippen molar-refractivity contribution in [1.29, 1.82) is 0 Å². The van der Waals surface area contributed by atoms with Gasteiger partial charge in [0.1, 0.15) is 5.65 Å². The quantitative estimate of drug-likeness (QED) is 0.763. The molecule has 0 spiro atoms. The van der Waals surface area contributed by atoms with E-state index in [2.05, 4.69) is 23.9 Å². The molecule has 0 aliphatic heterocycles. The number of benzene rings is 1. The molecule has 0 amide bonds. The molecule has 0 unspecified atom stereocenters. The Bertz CT molecular complexity index is 769. The molecule has 0 saturated carbocycles. The number of nitrogens with zero attached hydrogens (tertiary/aromatic N) is 2. The highest BCUT2D eigenvalue weighted by molar-refractivity contribution is 5.62. The van der Waals surface area contributed by atoms with Crippen LogP contribution < -0.4 is 5.56 Å². The molecule has 0 fully saturated rings. The topological polar surface area (TPSA) is 50.2 Å². The van der Waals surface area contributed by atoms with Crippen LogP contribution in [0.4, 0.5) is 0 Å². The third kappa shape index (κ3) is 2.05. The smallest absolute Gasteiger partial charge is 0.251 e. The fourth-order valence-corrected chi connectivity index (χ4v) is 2.12. The number of nitrogens with one attached hydrogen (secondary N) is 1. The Morgan fingerprint density at radius 3 is 2.58 bits per heavy atom. The van der Waals surface area contributed by atoms with E-state index in [0.29, 0.717) is 5.92 Å². The minimum Gasteiger partial charge on any atom is -0.307 e. The molecule has 96 valence electrons. The van der Waals surface area contributed by atoms with Gasteiger partial charge in [0.2, 0.25) is 0 Å². The van der Waals surface area contributed by atoms with Gasteiger partial charge in [-0.3, -0.25) is 4.79 Å². The van der Waals surface area contributed by atoms with E-state index in [0.717, 1.165) is 22.6 Å². The monoisotopic (exact) mass is 253 g/mol. The number of rotatable bonds is 2. The van der Waals surface area contributed by atoms with E-state index >= 15 is 0 Å². The summed E-state index contributed by atoms with van der Waals surface area (Å²) in [5, 5.41) is 4.58. The lowest BCUT2D eigenvalue weighted by Crippen LogP contribution is -2.09. The average molecular weight is 253 g/mol. The van der Waals surface area contributed by atoms with Crippen molar-refractivity contribution in [3.63, 3.8) is 0 Å². The zero-order valence-corrected chi connectivity index (χ0v) is 10.9. The Labute approximate surface area is 110 Å². The molecular formula is C15H15N3O. The van der Waals surface area contributed by atoms with E-state index in [-0.39, 0.29) is 5.56 Å². The molecule has 4 nitrogen and oxygen atoms in total. The summed E-state index contributed by atoms with van der Waals surface area (Å²) in [5.41, 5.74) is 3.39. The van der Waals surface area contributed by atoms with E-state index < -0.39 is 0 Å². The first-order valence-electron chi connectivity index (χ1n) is 6.33. The van der Waals surface area contributed by atoms with Gasteiger partial charge in [0.25, 0.3) is 5.56 Å². The van der Waals surface area contributed by atoms with Gasteiger partial charge in [-0.2, -0.15) is 5.10 Å². The van der Waals surface area contributed by atoms with Crippen LogP contribution in [0.15, 0.2) is 47.3 Å². The van der Waals surface area contributed by atoms with Crippen LogP contribution in [0, 0.1) is 0 Å². The summed E-state index contributed by atoms with van der Waals surface area (Å²) in [6.07, 6.45) is 0. The Balaban J connectivity index is 2.32. The number of H-pyrrole nitrogens is 1. The van der Waals surface area contributed by atoms with Crippen molar-refractivity contribution in [2.24, 2.45) is 0 Å². The van der Waals surface area contributed by atoms with Gasteiger partial charge < -0.3 is 4.98 Å². The van der Waals surface area contributed by atoms with E-state index in [4.69, 9.17) is 0 Å². The lowest BCUT2D eigenvalue weighted by Gasteiger charge is -2.04. The van der Waals surface area contributed by atoms with Crippen molar-refractivity contribution < 1.29 is 0 Å². The van der Waals surface area contributed by atoms with Crippen molar-refractivity contribution in [3.05, 3.63) is 58.5 Å². The zero-order valence-electron chi connectivity index (χ0n) is 10.9. The van der Waals surface area contributed by atoms with Crippen molar-refractivity contribution in [3.8, 4) is 11.3 Å². The van der Waals surface area contributed by atoms with Crippen LogP contribution in [0.5, 0.6) is 0 Å². The number of aromatic amines is 1. The second kappa shape index (κ2) is 4.39. The normalized spacial score (nSPS) is 11.3. The number of hydrogen-bond donors (Lipinski definition) is 1. The largest absolute Gasteiger partial charge is 0.307 e. The summed E-state index contributed by atoms with van der Waals surface area (Å²) < 4.78 is 1.80. The molecule has 0 aliphatic carbocycles. The highest BCUT2D eigenvalue weighted by atomic mass is 16.1. The van der Waals surface area contributed by atoms with Crippen molar-refractivity contribution in [2.75, 3.05) is 0 Å². The van der Waals surface area contributed by atoms with Crippen LogP contribution in [-0.4, -0.2) is 14.6 Å². The molecule has 0 saturated heterocycles. The fraction of sp³-hybridized carbons (Fsp3) is 0.200. The van der Waals surface area contributed by atoms with Crippen molar-refractivity contribution in [1.82, 2.24) is 14.6 Å². The summed E-state index contributed by atoms with van der Waals surface area (Å²) in [6.45, 7) is 4.17. The molecular weight excluding hydrogens is 238 g/mol. The van der Waals surface area contributed by atoms with Crippen LogP contribution >= 0.6 is 0 Å². The fourth-order valence-electron chi connectivity index (χ4n) is 2.12. The predicted molar refractivity (Wildman–Crippen MR) is 75.3 cm³/mol. The van der Waals surface area contributed by atoms with Gasteiger partial charge in [0, 0.05) is 17.7 Å². The standard InChI is InChI=1S/C15H15N3O/c1-10(2)12-8-14-16-15(19)9-13(18(14)17-12)11-6-4-3-5-7-11/h3-10H,1-2H3,(H,16,19). The average Bonchev–Trinajstić information content (AvgIpc) is 2.82. The molecule has 3 aromatic rings. The van der Waals surface area contributed by atoms with Crippen LogP contribution in [0.1, 0.15) is 25.5 Å². The first kappa shape index (κ1) is 11.7. The van der Waals surface area contributed by atoms with E-state index in [9.17, 15) is 4.79 Å². The highest BCUT2D eigenvalue weighted by Gasteiger charge is 2.10. The maximum absolute atomic E-state index is 11.8. The first-order valence-corrected chi connectivity index (χ1v) is 6.33. The van der Waals surface area contributed by atoms with Gasteiger partial charge >= 0.3 is 0 Å². The maximum Gasteiger partial charge on any atom is 0.251 e. The highest BCUT2D eigenvalue weighted by Crippen LogP contribution is 2.20. The number of hydrogen-bond acceptors (Lipinski definition) is 2. The summed E-state index contributed by atoms with van der Waals surface area (Å²) in [7, 11) is 0. The predicted octanol–water partition coefficient (Wildman–Crippen LogP) is 2.81. The Morgan fingerprint density at radius 2 is 1.89 bits per heavy atom. The van der Waals surface area contributed by atoms with Crippen molar-refractivity contribution >= 4 is 5.65 Å². The minimum atomic E-state index is -0.110. The van der Waals surface area contributed by atoms with E-state index in [1.165, 1.54) is 0 Å². The molecule has 2 heterocycles. The summed E-state index contributed by atoms with van der Waals surface area (Å²) >= 11 is 0. The molecule has 0 aliphatic rings. The molecule has 1 N–H and O–H groups in total. The van der Waals surface area contributed by atoms with Gasteiger partial charge in [0.05, 0.1) is 11.4 Å². The Morgan fingerprint density at radius 1 is 1.16 bits per heavy atom. The summed E-state index contributed by atoms with van der Waals surface area (Å²) in [5.74, 6) is 0.326. The SMILES string of the molecule is CC(C)c1cc2[nH]c(=O)cc(-c3ccccc3)n2n1. The van der Waals surface area contributed by atoms with E-state index in [1.807, 2.05) is 36.4 Å².